The molecular formula is C31H24F2N4Pt. The van der Waals surface area contributed by atoms with Crippen LogP contribution in [0.5, 0.6) is 0 Å². The van der Waals surface area contributed by atoms with Gasteiger partial charge in [0.2, 0.25) is 0 Å². The molecule has 6 aromatic rings. The summed E-state index contributed by atoms with van der Waals surface area (Å²) in [7, 11) is 3.96. The molecule has 0 aliphatic carbocycles. The van der Waals surface area contributed by atoms with Crippen molar-refractivity contribution >= 4 is 21.9 Å². The molecule has 3 aromatic carbocycles. The number of aryl methyl sites for hydroxylation is 2. The first kappa shape index (κ1) is 26.0. The van der Waals surface area contributed by atoms with Crippen molar-refractivity contribution in [2.45, 2.75) is 19.3 Å². The van der Waals surface area contributed by atoms with Crippen molar-refractivity contribution < 1.29 is 29.8 Å². The van der Waals surface area contributed by atoms with Gasteiger partial charge in [-0.1, -0.05) is 50.2 Å². The van der Waals surface area contributed by atoms with Gasteiger partial charge in [0.1, 0.15) is 0 Å². The molecule has 0 unspecified atom stereocenters. The van der Waals surface area contributed by atoms with Crippen molar-refractivity contribution in [2.24, 2.45) is 14.1 Å². The number of imidazole rings is 1. The minimum atomic E-state index is -0.795. The fourth-order valence-electron chi connectivity index (χ4n) is 5.14. The van der Waals surface area contributed by atoms with Crippen LogP contribution in [-0.2, 0) is 40.6 Å². The van der Waals surface area contributed by atoms with Crippen LogP contribution in [0.1, 0.15) is 25.0 Å². The third kappa shape index (κ3) is 4.08. The summed E-state index contributed by atoms with van der Waals surface area (Å²) in [6.45, 7) is 3.80. The molecule has 0 spiro atoms. The largest absolute Gasteiger partial charge is 2.00 e. The molecule has 0 aliphatic heterocycles. The molecule has 0 aliphatic rings. The van der Waals surface area contributed by atoms with E-state index in [0.717, 1.165) is 50.6 Å². The number of aromatic nitrogens is 4. The van der Waals surface area contributed by atoms with E-state index in [1.807, 2.05) is 87.1 Å². The van der Waals surface area contributed by atoms with Crippen molar-refractivity contribution in [3.63, 3.8) is 0 Å². The third-order valence-electron chi connectivity index (χ3n) is 7.14. The van der Waals surface area contributed by atoms with Gasteiger partial charge >= 0.3 is 21.1 Å². The van der Waals surface area contributed by atoms with Crippen LogP contribution in [0, 0.1) is 23.8 Å². The SMILES string of the molecule is Cn1c(-c2cccc(-c3nc4c(C(C)(C)c5[c-]cc(F)cc5F)cccc4n3C)n2)[c-]c2ccccc21.[Pt+2]. The molecule has 7 heteroatoms. The van der Waals surface area contributed by atoms with Crippen molar-refractivity contribution in [3.8, 4) is 22.9 Å². The molecule has 0 N–H and O–H groups in total. The van der Waals surface area contributed by atoms with E-state index in [-0.39, 0.29) is 21.1 Å². The standard InChI is InChI=1S/C31H24F2N4.Pt/c1-31(2,21-16-15-20(32)18-23(21)33)22-10-7-14-27-29(22)35-30(37(27)4)25-12-8-11-24(34-25)28-17-19-9-5-6-13-26(19)36(28)3;/h5-15,18H,1-4H3;/q-2;+2. The fourth-order valence-corrected chi connectivity index (χ4v) is 5.14. The van der Waals surface area contributed by atoms with Crippen molar-refractivity contribution in [1.29, 1.82) is 0 Å². The molecular weight excluding hydrogens is 661 g/mol. The number of halogens is 2. The Labute approximate surface area is 234 Å². The average Bonchev–Trinajstić information content (AvgIpc) is 3.41. The Morgan fingerprint density at radius 1 is 0.816 bits per heavy atom. The molecule has 0 fully saturated rings. The minimum Gasteiger partial charge on any atom is -0.397 e. The van der Waals surface area contributed by atoms with Crippen LogP contribution in [0.15, 0.2) is 72.8 Å². The fraction of sp³-hybridized carbons (Fsp3) is 0.161. The van der Waals surface area contributed by atoms with Gasteiger partial charge in [-0.25, -0.2) is 4.98 Å². The monoisotopic (exact) mass is 685 g/mol. The second kappa shape index (κ2) is 9.59. The Morgan fingerprint density at radius 2 is 1.53 bits per heavy atom. The van der Waals surface area contributed by atoms with E-state index in [1.54, 1.807) is 0 Å². The molecule has 6 rings (SSSR count). The summed E-state index contributed by atoms with van der Waals surface area (Å²) in [6, 6.07) is 28.2. The zero-order chi connectivity index (χ0) is 25.9. The first-order valence-electron chi connectivity index (χ1n) is 12.0. The van der Waals surface area contributed by atoms with E-state index >= 15 is 0 Å². The number of pyridine rings is 1. The van der Waals surface area contributed by atoms with Crippen molar-refractivity contribution in [2.75, 3.05) is 0 Å². The summed E-state index contributed by atoms with van der Waals surface area (Å²) < 4.78 is 32.4. The van der Waals surface area contributed by atoms with Gasteiger partial charge in [-0.3, -0.25) is 13.8 Å². The van der Waals surface area contributed by atoms with Crippen LogP contribution in [0.3, 0.4) is 0 Å². The number of para-hydroxylation sites is 2. The Balaban J connectivity index is 0.00000294. The molecule has 0 atom stereocenters. The maximum atomic E-state index is 14.8. The zero-order valence-corrected chi connectivity index (χ0v) is 23.6. The number of benzene rings is 3. The van der Waals surface area contributed by atoms with Crippen molar-refractivity contribution in [3.05, 3.63) is 108 Å². The number of fused-ring (bicyclic) bond motifs is 2. The van der Waals surface area contributed by atoms with Crippen LogP contribution in [0.25, 0.3) is 44.8 Å². The average molecular weight is 686 g/mol. The quantitative estimate of drug-likeness (QED) is 0.188. The Bertz CT molecular complexity index is 1820. The summed E-state index contributed by atoms with van der Waals surface area (Å²) >= 11 is 0. The maximum Gasteiger partial charge on any atom is 2.00 e. The first-order chi connectivity index (χ1) is 17.8. The van der Waals surface area contributed by atoms with E-state index in [2.05, 4.69) is 22.8 Å². The van der Waals surface area contributed by atoms with E-state index < -0.39 is 17.0 Å². The molecule has 4 nitrogen and oxygen atoms in total. The van der Waals surface area contributed by atoms with E-state index in [1.165, 1.54) is 6.07 Å². The normalized spacial score (nSPS) is 11.7. The van der Waals surface area contributed by atoms with Gasteiger partial charge in [0.25, 0.3) is 0 Å². The van der Waals surface area contributed by atoms with Crippen LogP contribution in [-0.4, -0.2) is 19.1 Å². The Morgan fingerprint density at radius 3 is 2.29 bits per heavy atom. The molecule has 0 radical (unpaired) electrons. The molecule has 0 saturated carbocycles. The molecule has 3 heterocycles. The summed E-state index contributed by atoms with van der Waals surface area (Å²) in [5.74, 6) is -0.578. The van der Waals surface area contributed by atoms with Gasteiger partial charge in [-0.15, -0.1) is 41.3 Å². The summed E-state index contributed by atoms with van der Waals surface area (Å²) in [5.41, 5.74) is 5.46. The third-order valence-corrected chi connectivity index (χ3v) is 7.14. The predicted molar refractivity (Wildman–Crippen MR) is 142 cm³/mol. The van der Waals surface area contributed by atoms with Crippen LogP contribution >= 0.6 is 0 Å². The van der Waals surface area contributed by atoms with Gasteiger partial charge in [0.05, 0.1) is 16.7 Å². The van der Waals surface area contributed by atoms with Gasteiger partial charge in [-0.2, -0.15) is 6.07 Å². The summed E-state index contributed by atoms with van der Waals surface area (Å²) in [6.07, 6.45) is 0. The predicted octanol–water partition coefficient (Wildman–Crippen LogP) is 7.00. The molecule has 0 amide bonds. The van der Waals surface area contributed by atoms with E-state index in [0.29, 0.717) is 11.4 Å². The number of hydrogen-bond donors (Lipinski definition) is 0. The first-order valence-corrected chi connectivity index (χ1v) is 12.0. The summed E-state index contributed by atoms with van der Waals surface area (Å²) in [5, 5.41) is 1.03. The molecule has 3 aromatic heterocycles. The van der Waals surface area contributed by atoms with Crippen molar-refractivity contribution in [1.82, 2.24) is 19.1 Å². The molecule has 192 valence electrons. The van der Waals surface area contributed by atoms with Gasteiger partial charge < -0.3 is 9.13 Å². The van der Waals surface area contributed by atoms with Gasteiger partial charge in [-0.05, 0) is 34.3 Å². The second-order valence-corrected chi connectivity index (χ2v) is 9.79. The van der Waals surface area contributed by atoms with Gasteiger partial charge in [0.15, 0.2) is 5.82 Å². The second-order valence-electron chi connectivity index (χ2n) is 9.79. The molecule has 38 heavy (non-hydrogen) atoms. The number of hydrogen-bond acceptors (Lipinski definition) is 2. The Hall–Kier alpha value is -3.63. The number of nitrogens with zero attached hydrogens (tertiary/aromatic N) is 4. The number of rotatable bonds is 4. The topological polar surface area (TPSA) is 35.6 Å². The maximum absolute atomic E-state index is 14.8. The van der Waals surface area contributed by atoms with Crippen LogP contribution in [0.4, 0.5) is 8.78 Å². The van der Waals surface area contributed by atoms with Gasteiger partial charge in [0, 0.05) is 31.4 Å². The summed E-state index contributed by atoms with van der Waals surface area (Å²) in [4.78, 5) is 9.95. The molecule has 0 bridgehead atoms. The smallest absolute Gasteiger partial charge is 0.397 e. The van der Waals surface area contributed by atoms with E-state index in [9.17, 15) is 8.78 Å². The Kier molecular flexibility index (Phi) is 6.56. The molecule has 0 saturated heterocycles. The van der Waals surface area contributed by atoms with Crippen LogP contribution < -0.4 is 0 Å². The van der Waals surface area contributed by atoms with Crippen LogP contribution in [0.2, 0.25) is 0 Å². The minimum absolute atomic E-state index is 0. The zero-order valence-electron chi connectivity index (χ0n) is 21.3. The van der Waals surface area contributed by atoms with E-state index in [4.69, 9.17) is 9.97 Å².